The van der Waals surface area contributed by atoms with Gasteiger partial charge in [-0.05, 0) is 43.9 Å². The highest BCUT2D eigenvalue weighted by Crippen LogP contribution is 2.19. The van der Waals surface area contributed by atoms with Crippen molar-refractivity contribution in [2.24, 2.45) is 4.99 Å². The molecule has 1 aromatic carbocycles. The van der Waals surface area contributed by atoms with Gasteiger partial charge in [-0.1, -0.05) is 12.1 Å². The van der Waals surface area contributed by atoms with Crippen molar-refractivity contribution in [3.8, 4) is 0 Å². The summed E-state index contributed by atoms with van der Waals surface area (Å²) in [6.45, 7) is 6.62. The Morgan fingerprint density at radius 1 is 1.22 bits per heavy atom. The van der Waals surface area contributed by atoms with E-state index in [-0.39, 0.29) is 24.0 Å². The molecule has 0 saturated carbocycles. The summed E-state index contributed by atoms with van der Waals surface area (Å²) in [4.78, 5) is 7.80. The van der Waals surface area contributed by atoms with Crippen LogP contribution in [-0.4, -0.2) is 51.8 Å². The Balaban J connectivity index is 0.00000364. The number of H-pyrrole nitrogens is 1. The second kappa shape index (κ2) is 11.5. The Kier molecular flexibility index (Phi) is 10.1. The number of hydrogen-bond donors (Lipinski definition) is 4. The van der Waals surface area contributed by atoms with Crippen LogP contribution in [0.5, 0.6) is 0 Å². The van der Waals surface area contributed by atoms with Gasteiger partial charge in [0.1, 0.15) is 0 Å². The molecule has 0 saturated heterocycles. The minimum atomic E-state index is -3.13. The normalized spacial score (nSPS) is 12.0. The van der Waals surface area contributed by atoms with E-state index in [1.807, 2.05) is 6.92 Å². The molecule has 2 aromatic rings. The van der Waals surface area contributed by atoms with Crippen LogP contribution in [0.1, 0.15) is 24.5 Å². The highest BCUT2D eigenvalue weighted by Gasteiger charge is 2.04. The maximum Gasteiger partial charge on any atom is 0.208 e. The van der Waals surface area contributed by atoms with Crippen molar-refractivity contribution in [2.75, 3.05) is 32.4 Å². The number of nitrogens with zero attached hydrogens (tertiary/aromatic N) is 1. The maximum absolute atomic E-state index is 11.0. The third-order valence-corrected chi connectivity index (χ3v) is 4.65. The number of benzene rings is 1. The van der Waals surface area contributed by atoms with Crippen molar-refractivity contribution >= 4 is 50.9 Å². The van der Waals surface area contributed by atoms with Gasteiger partial charge in [-0.15, -0.1) is 24.0 Å². The van der Waals surface area contributed by atoms with Crippen LogP contribution in [0.25, 0.3) is 10.9 Å². The van der Waals surface area contributed by atoms with Gasteiger partial charge in [0.15, 0.2) is 5.96 Å². The molecular weight excluding hydrogens is 477 g/mol. The van der Waals surface area contributed by atoms with E-state index in [0.717, 1.165) is 31.7 Å². The van der Waals surface area contributed by atoms with Crippen LogP contribution < -0.4 is 15.4 Å². The summed E-state index contributed by atoms with van der Waals surface area (Å²) in [5.74, 6) is 0.752. The lowest BCUT2D eigenvalue weighted by atomic mass is 10.1. The highest BCUT2D eigenvalue weighted by molar-refractivity contribution is 14.0. The van der Waals surface area contributed by atoms with E-state index in [0.29, 0.717) is 19.5 Å². The van der Waals surface area contributed by atoms with E-state index >= 15 is 0 Å². The third-order valence-electron chi connectivity index (χ3n) is 3.92. The molecule has 4 N–H and O–H groups in total. The zero-order valence-electron chi connectivity index (χ0n) is 16.1. The molecular formula is C18H30IN5O2S. The summed E-state index contributed by atoms with van der Waals surface area (Å²) in [6.07, 6.45) is 4.77. The number of rotatable bonds is 9. The number of aromatic nitrogens is 1. The predicted octanol–water partition coefficient (Wildman–Crippen LogP) is 2.13. The molecule has 0 aliphatic heterocycles. The minimum Gasteiger partial charge on any atom is -0.361 e. The first-order valence-corrected chi connectivity index (χ1v) is 10.8. The summed E-state index contributed by atoms with van der Waals surface area (Å²) in [5.41, 5.74) is 3.69. The van der Waals surface area contributed by atoms with Crippen LogP contribution in [0.4, 0.5) is 0 Å². The van der Waals surface area contributed by atoms with Crippen molar-refractivity contribution in [1.82, 2.24) is 20.3 Å². The standard InChI is InChI=1S/C18H29N5O2S.HI/c1-4-19-18(20-9-5-10-23-26(3,24)25)21-11-8-15-13-22-17-12-14(2)6-7-16(15)17;/h6-7,12-13,22-23H,4-5,8-11H2,1-3H3,(H2,19,20,21);1H. The number of aromatic amines is 1. The molecule has 0 bridgehead atoms. The lowest BCUT2D eigenvalue weighted by Crippen LogP contribution is -2.38. The number of aryl methyl sites for hydroxylation is 1. The zero-order valence-corrected chi connectivity index (χ0v) is 19.3. The lowest BCUT2D eigenvalue weighted by molar-refractivity contribution is 0.585. The molecule has 0 aliphatic rings. The Morgan fingerprint density at radius 2 is 2.00 bits per heavy atom. The van der Waals surface area contributed by atoms with Crippen molar-refractivity contribution in [3.63, 3.8) is 0 Å². The first-order chi connectivity index (χ1) is 12.4. The van der Waals surface area contributed by atoms with Crippen molar-refractivity contribution < 1.29 is 8.42 Å². The van der Waals surface area contributed by atoms with Crippen LogP contribution in [0, 0.1) is 6.92 Å². The summed E-state index contributed by atoms with van der Waals surface area (Å²) in [7, 11) is -3.13. The number of guanidine groups is 1. The largest absolute Gasteiger partial charge is 0.361 e. The number of fused-ring (bicyclic) bond motifs is 1. The van der Waals surface area contributed by atoms with Gasteiger partial charge in [-0.2, -0.15) is 0 Å². The van der Waals surface area contributed by atoms with Gasteiger partial charge in [-0.3, -0.25) is 4.99 Å². The van der Waals surface area contributed by atoms with Gasteiger partial charge < -0.3 is 15.6 Å². The van der Waals surface area contributed by atoms with Gasteiger partial charge in [0.05, 0.1) is 6.26 Å². The smallest absolute Gasteiger partial charge is 0.208 e. The summed E-state index contributed by atoms with van der Waals surface area (Å²) < 4.78 is 24.5. The molecule has 152 valence electrons. The first-order valence-electron chi connectivity index (χ1n) is 8.92. The quantitative estimate of drug-likeness (QED) is 0.181. The number of hydrogen-bond acceptors (Lipinski definition) is 3. The molecule has 0 amide bonds. The van der Waals surface area contributed by atoms with Crippen LogP contribution in [0.2, 0.25) is 0 Å². The molecule has 0 fully saturated rings. The van der Waals surface area contributed by atoms with Gasteiger partial charge in [0.25, 0.3) is 0 Å². The molecule has 0 atom stereocenters. The average Bonchev–Trinajstić information content (AvgIpc) is 2.95. The van der Waals surface area contributed by atoms with Crippen molar-refractivity contribution in [3.05, 3.63) is 35.5 Å². The molecule has 0 spiro atoms. The van der Waals surface area contributed by atoms with Gasteiger partial charge >= 0.3 is 0 Å². The van der Waals surface area contributed by atoms with Crippen LogP contribution >= 0.6 is 24.0 Å². The Bertz CT molecular complexity index is 849. The zero-order chi connectivity index (χ0) is 19.0. The number of nitrogens with one attached hydrogen (secondary N) is 4. The second-order valence-corrected chi connectivity index (χ2v) is 8.15. The molecule has 0 aliphatic carbocycles. The Labute approximate surface area is 178 Å². The Morgan fingerprint density at radius 3 is 2.70 bits per heavy atom. The summed E-state index contributed by atoms with van der Waals surface area (Å²) >= 11 is 0. The van der Waals surface area contributed by atoms with E-state index in [1.165, 1.54) is 22.0 Å². The first kappa shape index (κ1) is 23.7. The van der Waals surface area contributed by atoms with Crippen molar-refractivity contribution in [2.45, 2.75) is 26.7 Å². The SMILES string of the molecule is CCNC(=NCCCNS(C)(=O)=O)NCCc1c[nH]c2cc(C)ccc12.I. The van der Waals surface area contributed by atoms with Gasteiger partial charge in [0.2, 0.25) is 10.0 Å². The van der Waals surface area contributed by atoms with E-state index in [9.17, 15) is 8.42 Å². The molecule has 7 nitrogen and oxygen atoms in total. The number of aliphatic imine (C=N–C) groups is 1. The van der Waals surface area contributed by atoms with E-state index in [2.05, 4.69) is 56.7 Å². The topological polar surface area (TPSA) is 98.4 Å². The fourth-order valence-corrected chi connectivity index (χ4v) is 3.21. The fraction of sp³-hybridized carbons (Fsp3) is 0.500. The van der Waals surface area contributed by atoms with Crippen LogP contribution in [-0.2, 0) is 16.4 Å². The molecule has 0 unspecified atom stereocenters. The van der Waals surface area contributed by atoms with E-state index in [1.54, 1.807) is 0 Å². The molecule has 1 heterocycles. The maximum atomic E-state index is 11.0. The molecule has 27 heavy (non-hydrogen) atoms. The molecule has 2 rings (SSSR count). The molecule has 1 aromatic heterocycles. The number of sulfonamides is 1. The molecule has 0 radical (unpaired) electrons. The third kappa shape index (κ3) is 8.48. The monoisotopic (exact) mass is 507 g/mol. The Hall–Kier alpha value is -1.33. The van der Waals surface area contributed by atoms with Crippen molar-refractivity contribution in [1.29, 1.82) is 0 Å². The molecule has 9 heteroatoms. The summed E-state index contributed by atoms with van der Waals surface area (Å²) in [5, 5.41) is 7.79. The van der Waals surface area contributed by atoms with Gasteiger partial charge in [0, 0.05) is 43.3 Å². The minimum absolute atomic E-state index is 0. The lowest BCUT2D eigenvalue weighted by Gasteiger charge is -2.11. The fourth-order valence-electron chi connectivity index (χ4n) is 2.69. The van der Waals surface area contributed by atoms with E-state index < -0.39 is 10.0 Å². The van der Waals surface area contributed by atoms with Crippen LogP contribution in [0.15, 0.2) is 29.4 Å². The predicted molar refractivity (Wildman–Crippen MR) is 124 cm³/mol. The second-order valence-electron chi connectivity index (χ2n) is 6.32. The van der Waals surface area contributed by atoms with Crippen LogP contribution in [0.3, 0.4) is 0 Å². The summed E-state index contributed by atoms with van der Waals surface area (Å²) in [6, 6.07) is 6.44. The van der Waals surface area contributed by atoms with E-state index in [4.69, 9.17) is 0 Å². The van der Waals surface area contributed by atoms with Gasteiger partial charge in [-0.25, -0.2) is 13.1 Å². The number of halogens is 1. The highest BCUT2D eigenvalue weighted by atomic mass is 127. The average molecular weight is 507 g/mol.